The number of ether oxygens (including phenoxy) is 2. The van der Waals surface area contributed by atoms with Gasteiger partial charge in [0.2, 0.25) is 5.78 Å². The van der Waals surface area contributed by atoms with Gasteiger partial charge in [0.05, 0.1) is 19.9 Å². The molecule has 5 rings (SSSR count). The Kier molecular flexibility index (Phi) is 5.01. The van der Waals surface area contributed by atoms with Gasteiger partial charge in [-0.25, -0.2) is 4.79 Å². The smallest absolute Gasteiger partial charge is 0.329 e. The molecule has 168 valence electrons. The van der Waals surface area contributed by atoms with Crippen LogP contribution in [0.25, 0.3) is 28.2 Å². The van der Waals surface area contributed by atoms with Crippen molar-refractivity contribution in [2.24, 2.45) is 7.05 Å². The molecule has 3 aromatic heterocycles. The van der Waals surface area contributed by atoms with Crippen molar-refractivity contribution in [3.8, 4) is 22.8 Å². The first kappa shape index (κ1) is 20.6. The summed E-state index contributed by atoms with van der Waals surface area (Å²) >= 11 is 0. The maximum atomic E-state index is 12.6. The Morgan fingerprint density at radius 2 is 1.76 bits per heavy atom. The highest BCUT2D eigenvalue weighted by Gasteiger charge is 2.19. The third kappa shape index (κ3) is 3.38. The van der Waals surface area contributed by atoms with E-state index in [1.165, 1.54) is 4.57 Å². The van der Waals surface area contributed by atoms with Crippen LogP contribution in [0.4, 0.5) is 0 Å². The molecule has 2 aromatic carbocycles. The summed E-state index contributed by atoms with van der Waals surface area (Å²) in [6.45, 7) is 0.603. The summed E-state index contributed by atoms with van der Waals surface area (Å²) in [5, 5.41) is 0. The monoisotopic (exact) mass is 445 g/mol. The van der Waals surface area contributed by atoms with E-state index in [1.54, 1.807) is 25.7 Å². The first-order valence-electron chi connectivity index (χ1n) is 10.5. The molecule has 9 heteroatoms. The van der Waals surface area contributed by atoms with Crippen molar-refractivity contribution in [1.29, 1.82) is 0 Å². The Morgan fingerprint density at radius 1 is 1.00 bits per heavy atom. The third-order valence-electron chi connectivity index (χ3n) is 5.86. The number of aromatic nitrogens is 5. The highest BCUT2D eigenvalue weighted by molar-refractivity contribution is 5.78. The summed E-state index contributed by atoms with van der Waals surface area (Å²) in [5.41, 5.74) is 2.73. The number of fused-ring (bicyclic) bond motifs is 3. The van der Waals surface area contributed by atoms with E-state index < -0.39 is 11.2 Å². The zero-order valence-corrected chi connectivity index (χ0v) is 18.5. The predicted octanol–water partition coefficient (Wildman–Crippen LogP) is 2.60. The van der Waals surface area contributed by atoms with Crippen LogP contribution in [0.15, 0.2) is 64.3 Å². The van der Waals surface area contributed by atoms with Crippen molar-refractivity contribution >= 4 is 16.9 Å². The summed E-state index contributed by atoms with van der Waals surface area (Å²) < 4.78 is 15.9. The van der Waals surface area contributed by atoms with Gasteiger partial charge < -0.3 is 14.0 Å². The number of H-pyrrole nitrogens is 1. The zero-order valence-electron chi connectivity index (χ0n) is 18.5. The molecule has 0 saturated carbocycles. The molecule has 0 bridgehead atoms. The van der Waals surface area contributed by atoms with Crippen molar-refractivity contribution in [3.05, 3.63) is 81.1 Å². The molecule has 0 amide bonds. The summed E-state index contributed by atoms with van der Waals surface area (Å²) in [4.78, 5) is 31.8. The fourth-order valence-electron chi connectivity index (χ4n) is 4.14. The predicted molar refractivity (Wildman–Crippen MR) is 125 cm³/mol. The topological polar surface area (TPSA) is 95.6 Å². The van der Waals surface area contributed by atoms with Crippen LogP contribution in [0.2, 0.25) is 0 Å². The fourth-order valence-corrected chi connectivity index (χ4v) is 4.14. The highest BCUT2D eigenvalue weighted by atomic mass is 16.5. The van der Waals surface area contributed by atoms with E-state index in [1.807, 2.05) is 54.7 Å². The van der Waals surface area contributed by atoms with Crippen molar-refractivity contribution in [2.75, 3.05) is 14.2 Å². The summed E-state index contributed by atoms with van der Waals surface area (Å²) in [6, 6.07) is 15.8. The molecular formula is C24H23N5O4. The van der Waals surface area contributed by atoms with Crippen molar-refractivity contribution in [1.82, 2.24) is 23.5 Å². The molecule has 0 aliphatic carbocycles. The van der Waals surface area contributed by atoms with E-state index in [0.29, 0.717) is 41.4 Å². The number of rotatable bonds is 6. The van der Waals surface area contributed by atoms with Crippen LogP contribution in [-0.2, 0) is 20.0 Å². The van der Waals surface area contributed by atoms with Gasteiger partial charge in [0.15, 0.2) is 22.7 Å². The lowest BCUT2D eigenvalue weighted by atomic mass is 10.1. The second kappa shape index (κ2) is 8.01. The van der Waals surface area contributed by atoms with Gasteiger partial charge in [-0.2, -0.15) is 4.98 Å². The van der Waals surface area contributed by atoms with Crippen LogP contribution in [0.5, 0.6) is 11.5 Å². The van der Waals surface area contributed by atoms with Crippen LogP contribution < -0.4 is 20.7 Å². The molecule has 0 atom stereocenters. The molecule has 0 aliphatic rings. The van der Waals surface area contributed by atoms with E-state index in [-0.39, 0.29) is 0 Å². The maximum Gasteiger partial charge on any atom is 0.329 e. The number of imidazole rings is 2. The molecule has 9 nitrogen and oxygen atoms in total. The highest BCUT2D eigenvalue weighted by Crippen LogP contribution is 2.29. The van der Waals surface area contributed by atoms with Gasteiger partial charge in [0, 0.05) is 19.8 Å². The minimum Gasteiger partial charge on any atom is -0.493 e. The van der Waals surface area contributed by atoms with Crippen LogP contribution in [0.3, 0.4) is 0 Å². The number of hydrogen-bond acceptors (Lipinski definition) is 5. The molecule has 0 spiro atoms. The second-order valence-electron chi connectivity index (χ2n) is 7.74. The van der Waals surface area contributed by atoms with Gasteiger partial charge in [0.25, 0.3) is 5.56 Å². The van der Waals surface area contributed by atoms with E-state index >= 15 is 0 Å². The van der Waals surface area contributed by atoms with Crippen molar-refractivity contribution in [2.45, 2.75) is 13.0 Å². The Bertz CT molecular complexity index is 1590. The Morgan fingerprint density at radius 3 is 2.48 bits per heavy atom. The lowest BCUT2D eigenvalue weighted by molar-refractivity contribution is 0.354. The minimum atomic E-state index is -0.492. The Hall–Kier alpha value is -4.27. The molecule has 0 radical (unpaired) electrons. The van der Waals surface area contributed by atoms with Gasteiger partial charge in [0.1, 0.15) is 0 Å². The average Bonchev–Trinajstić information content (AvgIpc) is 3.38. The largest absolute Gasteiger partial charge is 0.493 e. The number of methoxy groups -OCH3 is 2. The standard InChI is InChI=1S/C24H23N5O4/c1-27-21-20(22(30)26-24(27)31)29-14-17(16-7-5-4-6-8-16)28(23(29)25-21)12-11-15-9-10-18(32-2)19(13-15)33-3/h4-10,13-14H,11-12H2,1-3H3,(H,26,30,31). The number of nitrogens with zero attached hydrogens (tertiary/aromatic N) is 4. The maximum absolute atomic E-state index is 12.6. The number of aryl methyl sites for hydroxylation is 3. The number of benzene rings is 2. The van der Waals surface area contributed by atoms with Crippen molar-refractivity contribution in [3.63, 3.8) is 0 Å². The summed E-state index contributed by atoms with van der Waals surface area (Å²) in [7, 11) is 4.82. The third-order valence-corrected chi connectivity index (χ3v) is 5.86. The Balaban J connectivity index is 1.66. The first-order chi connectivity index (χ1) is 16.0. The molecule has 0 saturated heterocycles. The average molecular weight is 445 g/mol. The number of aromatic amines is 1. The molecule has 5 aromatic rings. The normalized spacial score (nSPS) is 11.4. The zero-order chi connectivity index (χ0) is 23.1. The minimum absolute atomic E-state index is 0.342. The quantitative estimate of drug-likeness (QED) is 0.434. The molecule has 3 heterocycles. The van der Waals surface area contributed by atoms with Gasteiger partial charge >= 0.3 is 5.69 Å². The van der Waals surface area contributed by atoms with E-state index in [0.717, 1.165) is 16.8 Å². The van der Waals surface area contributed by atoms with Gasteiger partial charge in [-0.1, -0.05) is 36.4 Å². The van der Waals surface area contributed by atoms with Gasteiger partial charge in [-0.3, -0.25) is 18.7 Å². The van der Waals surface area contributed by atoms with Gasteiger partial charge in [-0.05, 0) is 29.7 Å². The molecule has 1 N–H and O–H groups in total. The van der Waals surface area contributed by atoms with Crippen LogP contribution >= 0.6 is 0 Å². The summed E-state index contributed by atoms with van der Waals surface area (Å²) in [5.74, 6) is 1.94. The fraction of sp³-hybridized carbons (Fsp3) is 0.208. The second-order valence-corrected chi connectivity index (χ2v) is 7.74. The van der Waals surface area contributed by atoms with E-state index in [4.69, 9.17) is 9.47 Å². The molecule has 0 fully saturated rings. The van der Waals surface area contributed by atoms with Crippen LogP contribution in [0, 0.1) is 0 Å². The number of hydrogen-bond donors (Lipinski definition) is 1. The van der Waals surface area contributed by atoms with Crippen LogP contribution in [0.1, 0.15) is 5.56 Å². The Labute approximate surface area is 188 Å². The molecular weight excluding hydrogens is 422 g/mol. The van der Waals surface area contributed by atoms with E-state index in [2.05, 4.69) is 14.5 Å². The number of nitrogens with one attached hydrogen (secondary N) is 1. The van der Waals surface area contributed by atoms with Crippen LogP contribution in [-0.4, -0.2) is 37.7 Å². The van der Waals surface area contributed by atoms with Gasteiger partial charge in [-0.15, -0.1) is 0 Å². The lowest BCUT2D eigenvalue weighted by Gasteiger charge is -2.12. The molecule has 33 heavy (non-hydrogen) atoms. The van der Waals surface area contributed by atoms with Crippen molar-refractivity contribution < 1.29 is 9.47 Å². The molecule has 0 aliphatic heterocycles. The molecule has 0 unspecified atom stereocenters. The summed E-state index contributed by atoms with van der Waals surface area (Å²) in [6.07, 6.45) is 2.59. The lowest BCUT2D eigenvalue weighted by Crippen LogP contribution is -2.28. The first-order valence-corrected chi connectivity index (χ1v) is 10.5. The van der Waals surface area contributed by atoms with E-state index in [9.17, 15) is 9.59 Å². The SMILES string of the molecule is COc1ccc(CCn2c(-c3ccccc3)cn3c4c(=O)[nH]c(=O)n(C)c4nc23)cc1OC.